The highest BCUT2D eigenvalue weighted by atomic mass is 127. The highest BCUT2D eigenvalue weighted by Crippen LogP contribution is 2.27. The van der Waals surface area contributed by atoms with Crippen LogP contribution in [0.1, 0.15) is 18.9 Å². The number of benzene rings is 1. The van der Waals surface area contributed by atoms with Crippen molar-refractivity contribution in [3.8, 4) is 0 Å². The maximum absolute atomic E-state index is 5.98. The van der Waals surface area contributed by atoms with Crippen LogP contribution < -0.4 is 0 Å². The molecule has 0 spiro atoms. The first kappa shape index (κ1) is 13.9. The fourth-order valence-corrected chi connectivity index (χ4v) is 2.15. The minimum atomic E-state index is -0.185. The molecule has 0 N–H and O–H groups in total. The van der Waals surface area contributed by atoms with Crippen molar-refractivity contribution in [3.05, 3.63) is 35.9 Å². The van der Waals surface area contributed by atoms with Crippen molar-refractivity contribution in [1.82, 2.24) is 0 Å². The molecule has 0 radical (unpaired) electrons. The molecule has 1 atom stereocenters. The molecule has 0 heterocycles. The fraction of sp³-hybridized carbons (Fsp3) is 0.538. The first-order chi connectivity index (χ1) is 7.73. The molecule has 0 aliphatic heterocycles. The maximum Gasteiger partial charge on any atom is 0.0992 e. The lowest BCUT2D eigenvalue weighted by Gasteiger charge is -2.28. The van der Waals surface area contributed by atoms with Crippen molar-refractivity contribution in [2.24, 2.45) is 0 Å². The molecule has 0 saturated heterocycles. The molecule has 16 heavy (non-hydrogen) atoms. The van der Waals surface area contributed by atoms with Gasteiger partial charge in [0.2, 0.25) is 0 Å². The maximum atomic E-state index is 5.98. The number of hydrogen-bond donors (Lipinski definition) is 0. The third-order valence-electron chi connectivity index (χ3n) is 2.55. The summed E-state index contributed by atoms with van der Waals surface area (Å²) >= 11 is 2.37. The smallest absolute Gasteiger partial charge is 0.0992 e. The Kier molecular flexibility index (Phi) is 6.31. The number of hydrogen-bond acceptors (Lipinski definition) is 2. The van der Waals surface area contributed by atoms with Gasteiger partial charge in [-0.3, -0.25) is 0 Å². The van der Waals surface area contributed by atoms with Crippen LogP contribution >= 0.6 is 22.6 Å². The lowest BCUT2D eigenvalue weighted by Crippen LogP contribution is -2.28. The molecule has 0 saturated carbocycles. The normalized spacial score (nSPS) is 14.7. The van der Waals surface area contributed by atoms with Crippen molar-refractivity contribution < 1.29 is 9.47 Å². The van der Waals surface area contributed by atoms with E-state index in [0.29, 0.717) is 0 Å². The van der Waals surface area contributed by atoms with Crippen LogP contribution in [0.2, 0.25) is 0 Å². The molecule has 90 valence electrons. The molecule has 2 nitrogen and oxygen atoms in total. The van der Waals surface area contributed by atoms with Gasteiger partial charge < -0.3 is 9.47 Å². The van der Waals surface area contributed by atoms with Crippen LogP contribution in [0, 0.1) is 0 Å². The van der Waals surface area contributed by atoms with Crippen molar-refractivity contribution >= 4 is 22.6 Å². The molecule has 3 heteroatoms. The van der Waals surface area contributed by atoms with E-state index in [1.165, 1.54) is 5.56 Å². The zero-order valence-corrected chi connectivity index (χ0v) is 12.1. The molecule has 0 fully saturated rings. The van der Waals surface area contributed by atoms with Gasteiger partial charge >= 0.3 is 0 Å². The minimum Gasteiger partial charge on any atom is -0.385 e. The van der Waals surface area contributed by atoms with E-state index in [9.17, 15) is 0 Å². The Bertz CT molecular complexity index is 289. The highest BCUT2D eigenvalue weighted by Gasteiger charge is 2.25. The molecule has 1 unspecified atom stereocenters. The summed E-state index contributed by atoms with van der Waals surface area (Å²) in [5, 5.41) is 0. The van der Waals surface area contributed by atoms with Crippen molar-refractivity contribution in [2.45, 2.75) is 18.9 Å². The SMILES string of the molecule is COCCCOC(C)(CI)c1ccccc1. The van der Waals surface area contributed by atoms with E-state index >= 15 is 0 Å². The largest absolute Gasteiger partial charge is 0.385 e. The Morgan fingerprint density at radius 1 is 1.19 bits per heavy atom. The lowest BCUT2D eigenvalue weighted by molar-refractivity contribution is -0.0229. The average molecular weight is 334 g/mol. The Balaban J connectivity index is 2.56. The third-order valence-corrected chi connectivity index (χ3v) is 4.01. The predicted molar refractivity (Wildman–Crippen MR) is 75.1 cm³/mol. The van der Waals surface area contributed by atoms with Crippen molar-refractivity contribution in [1.29, 1.82) is 0 Å². The summed E-state index contributed by atoms with van der Waals surface area (Å²) in [5.41, 5.74) is 1.05. The van der Waals surface area contributed by atoms with Gasteiger partial charge in [0.05, 0.1) is 5.60 Å². The Labute approximate surface area is 111 Å². The second-order valence-corrected chi connectivity index (χ2v) is 4.69. The summed E-state index contributed by atoms with van der Waals surface area (Å²) in [6.07, 6.45) is 0.940. The van der Waals surface area contributed by atoms with Gasteiger partial charge in [-0.1, -0.05) is 52.9 Å². The van der Waals surface area contributed by atoms with Crippen LogP contribution in [0.25, 0.3) is 0 Å². The van der Waals surface area contributed by atoms with Crippen LogP contribution in [0.3, 0.4) is 0 Å². The van der Waals surface area contributed by atoms with Crippen LogP contribution in [0.5, 0.6) is 0 Å². The Morgan fingerprint density at radius 3 is 2.44 bits per heavy atom. The van der Waals surface area contributed by atoms with Gasteiger partial charge in [0.1, 0.15) is 0 Å². The summed E-state index contributed by atoms with van der Waals surface area (Å²) in [7, 11) is 1.72. The minimum absolute atomic E-state index is 0.185. The van der Waals surface area contributed by atoms with Crippen LogP contribution in [-0.2, 0) is 15.1 Å². The Hall–Kier alpha value is -0.130. The number of methoxy groups -OCH3 is 1. The molecule has 0 aliphatic carbocycles. The van der Waals surface area contributed by atoms with E-state index in [1.54, 1.807) is 7.11 Å². The standard InChI is InChI=1S/C13H19IO2/c1-13(11-14,16-10-6-9-15-2)12-7-4-3-5-8-12/h3-5,7-8H,6,9-11H2,1-2H3. The Morgan fingerprint density at radius 2 is 1.88 bits per heavy atom. The molecule has 1 aromatic rings. The predicted octanol–water partition coefficient (Wildman–Crippen LogP) is 3.39. The molecule has 0 bridgehead atoms. The molecule has 0 amide bonds. The van der Waals surface area contributed by atoms with E-state index in [2.05, 4.69) is 53.8 Å². The van der Waals surface area contributed by atoms with Crippen LogP contribution in [0.15, 0.2) is 30.3 Å². The third kappa shape index (κ3) is 4.03. The zero-order chi connectivity index (χ0) is 11.9. The summed E-state index contributed by atoms with van der Waals surface area (Å²) in [6.45, 7) is 3.63. The fourth-order valence-electron chi connectivity index (χ4n) is 1.49. The van der Waals surface area contributed by atoms with Gasteiger partial charge in [0, 0.05) is 24.8 Å². The van der Waals surface area contributed by atoms with Crippen molar-refractivity contribution in [3.63, 3.8) is 0 Å². The van der Waals surface area contributed by atoms with Crippen molar-refractivity contribution in [2.75, 3.05) is 24.8 Å². The van der Waals surface area contributed by atoms with Crippen LogP contribution in [0.4, 0.5) is 0 Å². The molecule has 1 aromatic carbocycles. The van der Waals surface area contributed by atoms with E-state index in [0.717, 1.165) is 24.1 Å². The van der Waals surface area contributed by atoms with Gasteiger partial charge in [-0.2, -0.15) is 0 Å². The summed E-state index contributed by atoms with van der Waals surface area (Å²) in [4.78, 5) is 0. The second-order valence-electron chi connectivity index (χ2n) is 3.93. The molecule has 0 aliphatic rings. The molecular formula is C13H19IO2. The average Bonchev–Trinajstić information content (AvgIpc) is 2.35. The number of rotatable bonds is 7. The van der Waals surface area contributed by atoms with Gasteiger partial charge in [0.15, 0.2) is 0 Å². The molecule has 1 rings (SSSR count). The first-order valence-corrected chi connectivity index (χ1v) is 7.00. The topological polar surface area (TPSA) is 18.5 Å². The van der Waals surface area contributed by atoms with Gasteiger partial charge in [-0.05, 0) is 18.9 Å². The highest BCUT2D eigenvalue weighted by molar-refractivity contribution is 14.1. The first-order valence-electron chi connectivity index (χ1n) is 5.47. The summed E-state index contributed by atoms with van der Waals surface area (Å²) in [5.74, 6) is 0. The van der Waals surface area contributed by atoms with E-state index in [4.69, 9.17) is 9.47 Å². The number of ether oxygens (including phenoxy) is 2. The molecule has 0 aromatic heterocycles. The van der Waals surface area contributed by atoms with Gasteiger partial charge in [0.25, 0.3) is 0 Å². The monoisotopic (exact) mass is 334 g/mol. The summed E-state index contributed by atoms with van der Waals surface area (Å²) in [6, 6.07) is 10.4. The zero-order valence-electron chi connectivity index (χ0n) is 9.91. The lowest BCUT2D eigenvalue weighted by atomic mass is 9.98. The molecular weight excluding hydrogens is 315 g/mol. The number of alkyl halides is 1. The second kappa shape index (κ2) is 7.25. The quantitative estimate of drug-likeness (QED) is 0.432. The van der Waals surface area contributed by atoms with E-state index in [1.807, 2.05) is 6.07 Å². The van der Waals surface area contributed by atoms with E-state index < -0.39 is 0 Å². The van der Waals surface area contributed by atoms with Gasteiger partial charge in [-0.25, -0.2) is 0 Å². The summed E-state index contributed by atoms with van der Waals surface area (Å²) < 4.78 is 11.9. The van der Waals surface area contributed by atoms with Gasteiger partial charge in [-0.15, -0.1) is 0 Å². The van der Waals surface area contributed by atoms with E-state index in [-0.39, 0.29) is 5.60 Å². The number of halogens is 1. The van der Waals surface area contributed by atoms with Crippen LogP contribution in [-0.4, -0.2) is 24.8 Å².